The van der Waals surface area contributed by atoms with E-state index in [-0.39, 0.29) is 10.7 Å². The summed E-state index contributed by atoms with van der Waals surface area (Å²) in [6.07, 6.45) is 3.99. The lowest BCUT2D eigenvalue weighted by Crippen LogP contribution is -2.16. The molecule has 1 aliphatic carbocycles. The van der Waals surface area contributed by atoms with Crippen molar-refractivity contribution in [2.24, 2.45) is 10.9 Å². The second kappa shape index (κ2) is 11.5. The number of nitrogen functional groups attached to an aromatic ring is 1. The van der Waals surface area contributed by atoms with Crippen LogP contribution in [0.1, 0.15) is 31.2 Å². The summed E-state index contributed by atoms with van der Waals surface area (Å²) in [5.41, 5.74) is 8.81. The Labute approximate surface area is 204 Å². The topological polar surface area (TPSA) is 171 Å². The standard InChI is InChI=1S/C13H12N2O4S.C12H17N3/c14-20(18,19)12-4-2-1-3-11(12)9-5-7-10(8-6-9)15-13(16)17;13-12(14)9-4-3-7-11(8-9)15-10-5-1-2-6-10/h1-8,15H,(H,16,17)(H2,14,18,19);3-4,7-8,10,15H,1-2,5-6H2,(H3,13,14). The highest BCUT2D eigenvalue weighted by Gasteiger charge is 2.15. The molecule has 9 nitrogen and oxygen atoms in total. The van der Waals surface area contributed by atoms with Crippen molar-refractivity contribution in [2.75, 3.05) is 10.6 Å². The van der Waals surface area contributed by atoms with E-state index in [1.165, 1.54) is 31.7 Å². The normalized spacial score (nSPS) is 13.4. The van der Waals surface area contributed by atoms with Crippen LogP contribution in [-0.4, -0.2) is 31.5 Å². The molecule has 0 unspecified atom stereocenters. The Bertz CT molecular complexity index is 1290. The first-order valence-corrected chi connectivity index (χ1v) is 12.6. The highest BCUT2D eigenvalue weighted by Crippen LogP contribution is 2.27. The van der Waals surface area contributed by atoms with Crippen molar-refractivity contribution in [3.63, 3.8) is 0 Å². The second-order valence-electron chi connectivity index (χ2n) is 8.17. The molecular formula is C25H29N5O4S. The SMILES string of the molecule is N=C(N)c1cccc(NC2CCCC2)c1.NS(=O)(=O)c1ccccc1-c1ccc(NC(=O)O)cc1. The number of carbonyl (C=O) groups is 1. The molecule has 0 heterocycles. The zero-order valence-corrected chi connectivity index (χ0v) is 19.9. The predicted molar refractivity (Wildman–Crippen MR) is 138 cm³/mol. The first kappa shape index (κ1) is 25.7. The van der Waals surface area contributed by atoms with E-state index in [0.717, 1.165) is 11.3 Å². The Morgan fingerprint density at radius 1 is 0.943 bits per heavy atom. The van der Waals surface area contributed by atoms with Gasteiger partial charge in [-0.25, -0.2) is 18.4 Å². The highest BCUT2D eigenvalue weighted by molar-refractivity contribution is 7.89. The summed E-state index contributed by atoms with van der Waals surface area (Å²) in [6, 6.07) is 21.1. The summed E-state index contributed by atoms with van der Waals surface area (Å²) < 4.78 is 23.1. The lowest BCUT2D eigenvalue weighted by Gasteiger charge is -2.13. The minimum Gasteiger partial charge on any atom is -0.465 e. The van der Waals surface area contributed by atoms with E-state index in [9.17, 15) is 13.2 Å². The van der Waals surface area contributed by atoms with Gasteiger partial charge in [0.25, 0.3) is 0 Å². The van der Waals surface area contributed by atoms with E-state index in [4.69, 9.17) is 21.4 Å². The molecule has 0 atom stereocenters. The molecule has 1 saturated carbocycles. The number of anilines is 2. The summed E-state index contributed by atoms with van der Waals surface area (Å²) in [4.78, 5) is 10.5. The number of hydrogen-bond donors (Lipinski definition) is 6. The molecule has 0 radical (unpaired) electrons. The molecule has 1 fully saturated rings. The number of primary sulfonamides is 1. The van der Waals surface area contributed by atoms with Gasteiger partial charge < -0.3 is 16.2 Å². The van der Waals surface area contributed by atoms with Gasteiger partial charge in [-0.05, 0) is 48.7 Å². The van der Waals surface area contributed by atoms with Crippen LogP contribution in [0.3, 0.4) is 0 Å². The molecule has 184 valence electrons. The molecule has 0 aromatic heterocycles. The average Bonchev–Trinajstić information content (AvgIpc) is 3.32. The molecule has 0 aliphatic heterocycles. The molecule has 0 bridgehead atoms. The highest BCUT2D eigenvalue weighted by atomic mass is 32.2. The van der Waals surface area contributed by atoms with Crippen LogP contribution in [0.5, 0.6) is 0 Å². The van der Waals surface area contributed by atoms with E-state index >= 15 is 0 Å². The van der Waals surface area contributed by atoms with Crippen LogP contribution in [0.2, 0.25) is 0 Å². The fourth-order valence-corrected chi connectivity index (χ4v) is 4.65. The number of carboxylic acid groups (broad SMARTS) is 1. The van der Waals surface area contributed by atoms with Crippen LogP contribution < -0.4 is 21.5 Å². The predicted octanol–water partition coefficient (Wildman–Crippen LogP) is 4.42. The van der Waals surface area contributed by atoms with Crippen LogP contribution >= 0.6 is 0 Å². The van der Waals surface area contributed by atoms with Gasteiger partial charge in [-0.1, -0.05) is 55.3 Å². The van der Waals surface area contributed by atoms with Gasteiger partial charge in [0.15, 0.2) is 0 Å². The molecule has 4 rings (SSSR count). The van der Waals surface area contributed by atoms with E-state index in [1.807, 2.05) is 24.3 Å². The third-order valence-corrected chi connectivity index (χ3v) is 6.51. The molecular weight excluding hydrogens is 466 g/mol. The molecule has 35 heavy (non-hydrogen) atoms. The van der Waals surface area contributed by atoms with Crippen LogP contribution in [-0.2, 0) is 10.0 Å². The van der Waals surface area contributed by atoms with E-state index in [0.29, 0.717) is 22.9 Å². The third kappa shape index (κ3) is 7.56. The minimum atomic E-state index is -3.82. The number of rotatable bonds is 6. The number of sulfonamides is 1. The summed E-state index contributed by atoms with van der Waals surface area (Å²) >= 11 is 0. The molecule has 3 aromatic carbocycles. The third-order valence-electron chi connectivity index (χ3n) is 5.54. The van der Waals surface area contributed by atoms with Gasteiger partial charge in [0.1, 0.15) is 5.84 Å². The Morgan fingerprint density at radius 3 is 2.20 bits per heavy atom. The monoisotopic (exact) mass is 495 g/mol. The van der Waals surface area contributed by atoms with Crippen molar-refractivity contribution >= 4 is 33.3 Å². The Balaban J connectivity index is 0.000000203. The van der Waals surface area contributed by atoms with Gasteiger partial charge >= 0.3 is 6.09 Å². The summed E-state index contributed by atoms with van der Waals surface area (Å²) in [7, 11) is -3.82. The Hall–Kier alpha value is -3.89. The van der Waals surface area contributed by atoms with Gasteiger partial charge in [-0.3, -0.25) is 10.7 Å². The number of benzene rings is 3. The van der Waals surface area contributed by atoms with E-state index < -0.39 is 16.1 Å². The van der Waals surface area contributed by atoms with Crippen molar-refractivity contribution in [3.8, 4) is 11.1 Å². The summed E-state index contributed by atoms with van der Waals surface area (Å²) in [5, 5.41) is 26.8. The quantitative estimate of drug-likeness (QED) is 0.218. The van der Waals surface area contributed by atoms with Crippen molar-refractivity contribution in [3.05, 3.63) is 78.4 Å². The second-order valence-corrected chi connectivity index (χ2v) is 9.70. The Kier molecular flexibility index (Phi) is 8.45. The number of amides is 1. The first-order chi connectivity index (χ1) is 16.6. The fourth-order valence-electron chi connectivity index (χ4n) is 3.89. The largest absolute Gasteiger partial charge is 0.465 e. The Morgan fingerprint density at radius 2 is 1.60 bits per heavy atom. The lowest BCUT2D eigenvalue weighted by molar-refractivity contribution is 0.209. The van der Waals surface area contributed by atoms with Crippen LogP contribution in [0, 0.1) is 5.41 Å². The van der Waals surface area contributed by atoms with Crippen molar-refractivity contribution in [2.45, 2.75) is 36.6 Å². The molecule has 0 saturated heterocycles. The maximum atomic E-state index is 11.5. The molecule has 0 spiro atoms. The lowest BCUT2D eigenvalue weighted by atomic mass is 10.1. The van der Waals surface area contributed by atoms with Crippen molar-refractivity contribution in [1.29, 1.82) is 5.41 Å². The fraction of sp³-hybridized carbons (Fsp3) is 0.200. The van der Waals surface area contributed by atoms with Crippen molar-refractivity contribution < 1.29 is 18.3 Å². The maximum absolute atomic E-state index is 11.5. The number of hydrogen-bond acceptors (Lipinski definition) is 5. The van der Waals surface area contributed by atoms with Crippen molar-refractivity contribution in [1.82, 2.24) is 0 Å². The molecule has 3 aromatic rings. The molecule has 8 N–H and O–H groups in total. The zero-order chi connectivity index (χ0) is 25.4. The number of nitrogens with one attached hydrogen (secondary N) is 3. The first-order valence-electron chi connectivity index (χ1n) is 11.1. The number of amidine groups is 1. The van der Waals surface area contributed by atoms with Gasteiger partial charge in [0, 0.05) is 28.5 Å². The average molecular weight is 496 g/mol. The van der Waals surface area contributed by atoms with Crippen LogP contribution in [0.15, 0.2) is 77.7 Å². The number of nitrogens with two attached hydrogens (primary N) is 2. The summed E-state index contributed by atoms with van der Waals surface area (Å²) in [5.74, 6) is 0.130. The summed E-state index contributed by atoms with van der Waals surface area (Å²) in [6.45, 7) is 0. The molecule has 1 amide bonds. The smallest absolute Gasteiger partial charge is 0.409 e. The van der Waals surface area contributed by atoms with E-state index in [1.54, 1.807) is 42.5 Å². The zero-order valence-electron chi connectivity index (χ0n) is 19.1. The minimum absolute atomic E-state index is 0.0268. The van der Waals surface area contributed by atoms with Crippen LogP contribution in [0.25, 0.3) is 11.1 Å². The van der Waals surface area contributed by atoms with Gasteiger partial charge in [-0.15, -0.1) is 0 Å². The van der Waals surface area contributed by atoms with Crippen LogP contribution in [0.4, 0.5) is 16.2 Å². The van der Waals surface area contributed by atoms with Gasteiger partial charge in [-0.2, -0.15) is 0 Å². The van der Waals surface area contributed by atoms with Gasteiger partial charge in [0.2, 0.25) is 10.0 Å². The van der Waals surface area contributed by atoms with Gasteiger partial charge in [0.05, 0.1) is 4.90 Å². The molecule has 1 aliphatic rings. The molecule has 10 heteroatoms. The maximum Gasteiger partial charge on any atom is 0.409 e. The van der Waals surface area contributed by atoms with E-state index in [2.05, 4.69) is 10.6 Å².